The van der Waals surface area contributed by atoms with E-state index in [2.05, 4.69) is 10.6 Å². The molecule has 0 unspecified atom stereocenters. The first-order valence-electron chi connectivity index (χ1n) is 6.46. The number of hydrogen-bond donors (Lipinski definition) is 2. The fraction of sp³-hybridized carbons (Fsp3) is 0.500. The summed E-state index contributed by atoms with van der Waals surface area (Å²) in [5.74, 6) is 0.925. The van der Waals surface area contributed by atoms with Gasteiger partial charge in [0.15, 0.2) is 0 Å². The molecule has 0 heterocycles. The van der Waals surface area contributed by atoms with Gasteiger partial charge in [-0.3, -0.25) is 4.79 Å². The zero-order valence-electron chi connectivity index (χ0n) is 9.91. The first-order valence-corrected chi connectivity index (χ1v) is 6.46. The smallest absolute Gasteiger partial charge is 0.251 e. The minimum atomic E-state index is 0.0567. The van der Waals surface area contributed by atoms with Crippen molar-refractivity contribution in [2.45, 2.75) is 31.7 Å². The summed E-state index contributed by atoms with van der Waals surface area (Å²) >= 11 is 0. The highest BCUT2D eigenvalue weighted by Crippen LogP contribution is 2.28. The van der Waals surface area contributed by atoms with Crippen molar-refractivity contribution in [1.29, 1.82) is 0 Å². The maximum atomic E-state index is 11.8. The van der Waals surface area contributed by atoms with Gasteiger partial charge in [-0.1, -0.05) is 0 Å². The number of hydrogen-bond acceptors (Lipinski definition) is 2. The van der Waals surface area contributed by atoms with E-state index in [1.165, 1.54) is 12.8 Å². The van der Waals surface area contributed by atoms with Crippen molar-refractivity contribution >= 4 is 11.6 Å². The third-order valence-corrected chi connectivity index (χ3v) is 3.35. The van der Waals surface area contributed by atoms with Gasteiger partial charge in [-0.25, -0.2) is 0 Å². The fourth-order valence-electron chi connectivity index (χ4n) is 1.82. The third kappa shape index (κ3) is 2.99. The van der Waals surface area contributed by atoms with Gasteiger partial charge in [0.1, 0.15) is 0 Å². The summed E-state index contributed by atoms with van der Waals surface area (Å²) in [6, 6.07) is 8.20. The standard InChI is InChI=1S/C14H18N2O/c17-14(16-13-7-8-13)11-3-5-12(6-4-11)15-9-10-1-2-10/h3-6,10,13,15H,1-2,7-9H2,(H,16,17). The lowest BCUT2D eigenvalue weighted by Crippen LogP contribution is -2.25. The predicted octanol–water partition coefficient (Wildman–Crippen LogP) is 2.40. The molecule has 1 amide bonds. The topological polar surface area (TPSA) is 41.1 Å². The number of carbonyl (C=O) groups is 1. The van der Waals surface area contributed by atoms with Crippen LogP contribution < -0.4 is 10.6 Å². The van der Waals surface area contributed by atoms with Crippen LogP contribution in [0, 0.1) is 5.92 Å². The van der Waals surface area contributed by atoms with Gasteiger partial charge >= 0.3 is 0 Å². The Hall–Kier alpha value is -1.51. The summed E-state index contributed by atoms with van der Waals surface area (Å²) in [5, 5.41) is 6.38. The van der Waals surface area contributed by atoms with E-state index < -0.39 is 0 Å². The molecule has 0 aromatic heterocycles. The molecule has 0 saturated heterocycles. The summed E-state index contributed by atoms with van der Waals surface area (Å²) in [6.07, 6.45) is 4.98. The lowest BCUT2D eigenvalue weighted by Gasteiger charge is -2.07. The highest BCUT2D eigenvalue weighted by Gasteiger charge is 2.23. The Morgan fingerprint density at radius 3 is 2.41 bits per heavy atom. The second-order valence-corrected chi connectivity index (χ2v) is 5.15. The molecule has 2 aliphatic rings. The van der Waals surface area contributed by atoms with Gasteiger partial charge in [0.2, 0.25) is 0 Å². The van der Waals surface area contributed by atoms with E-state index >= 15 is 0 Å². The lowest BCUT2D eigenvalue weighted by molar-refractivity contribution is 0.0951. The van der Waals surface area contributed by atoms with Gasteiger partial charge in [-0.05, 0) is 55.9 Å². The third-order valence-electron chi connectivity index (χ3n) is 3.35. The van der Waals surface area contributed by atoms with Crippen LogP contribution in [-0.2, 0) is 0 Å². The number of amides is 1. The van der Waals surface area contributed by atoms with Crippen molar-refractivity contribution in [2.24, 2.45) is 5.92 Å². The molecule has 3 nitrogen and oxygen atoms in total. The molecule has 2 saturated carbocycles. The molecule has 1 aromatic rings. The van der Waals surface area contributed by atoms with Gasteiger partial charge < -0.3 is 10.6 Å². The normalized spacial score (nSPS) is 18.8. The van der Waals surface area contributed by atoms with Crippen LogP contribution >= 0.6 is 0 Å². The molecule has 0 bridgehead atoms. The molecule has 90 valence electrons. The molecule has 0 atom stereocenters. The average Bonchev–Trinajstić information content (AvgIpc) is 3.22. The zero-order valence-corrected chi connectivity index (χ0v) is 9.91. The lowest BCUT2D eigenvalue weighted by atomic mass is 10.2. The van der Waals surface area contributed by atoms with Crippen LogP contribution in [0.25, 0.3) is 0 Å². The monoisotopic (exact) mass is 230 g/mol. The first-order chi connectivity index (χ1) is 8.31. The minimum absolute atomic E-state index is 0.0567. The van der Waals surface area contributed by atoms with Crippen molar-refractivity contribution < 1.29 is 4.79 Å². The number of anilines is 1. The van der Waals surface area contributed by atoms with Gasteiger partial charge in [0.25, 0.3) is 5.91 Å². The van der Waals surface area contributed by atoms with Crippen molar-refractivity contribution in [3.05, 3.63) is 29.8 Å². The van der Waals surface area contributed by atoms with Crippen molar-refractivity contribution in [3.63, 3.8) is 0 Å². The molecule has 3 rings (SSSR count). The van der Waals surface area contributed by atoms with E-state index in [0.717, 1.165) is 36.6 Å². The fourth-order valence-corrected chi connectivity index (χ4v) is 1.82. The first kappa shape index (κ1) is 10.6. The van der Waals surface area contributed by atoms with Crippen LogP contribution in [0.3, 0.4) is 0 Å². The SMILES string of the molecule is O=C(NC1CC1)c1ccc(NCC2CC2)cc1. The van der Waals surface area contributed by atoms with Crippen LogP contribution in [0.2, 0.25) is 0 Å². The summed E-state index contributed by atoms with van der Waals surface area (Å²) in [5.41, 5.74) is 1.87. The summed E-state index contributed by atoms with van der Waals surface area (Å²) < 4.78 is 0. The van der Waals surface area contributed by atoms with Gasteiger partial charge in [0, 0.05) is 23.8 Å². The maximum Gasteiger partial charge on any atom is 0.251 e. The molecular weight excluding hydrogens is 212 g/mol. The molecule has 3 heteroatoms. The minimum Gasteiger partial charge on any atom is -0.385 e. The van der Waals surface area contributed by atoms with E-state index in [1.54, 1.807) is 0 Å². The van der Waals surface area contributed by atoms with Crippen molar-refractivity contribution in [1.82, 2.24) is 5.32 Å². The number of rotatable bonds is 5. The Balaban J connectivity index is 1.55. The van der Waals surface area contributed by atoms with Crippen molar-refractivity contribution in [2.75, 3.05) is 11.9 Å². The summed E-state index contributed by atoms with van der Waals surface area (Å²) in [4.78, 5) is 11.8. The average molecular weight is 230 g/mol. The highest BCUT2D eigenvalue weighted by atomic mass is 16.1. The van der Waals surface area contributed by atoms with E-state index in [1.807, 2.05) is 24.3 Å². The van der Waals surface area contributed by atoms with Crippen molar-refractivity contribution in [3.8, 4) is 0 Å². The largest absolute Gasteiger partial charge is 0.385 e. The predicted molar refractivity (Wildman–Crippen MR) is 68.1 cm³/mol. The Bertz CT molecular complexity index is 405. The molecule has 1 aromatic carbocycles. The Morgan fingerprint density at radius 1 is 1.12 bits per heavy atom. The molecule has 0 radical (unpaired) electrons. The van der Waals surface area contributed by atoms with Crippen LogP contribution in [-0.4, -0.2) is 18.5 Å². The van der Waals surface area contributed by atoms with E-state index in [9.17, 15) is 4.79 Å². The van der Waals surface area contributed by atoms with Gasteiger partial charge in [-0.15, -0.1) is 0 Å². The quantitative estimate of drug-likeness (QED) is 0.815. The Morgan fingerprint density at radius 2 is 1.82 bits per heavy atom. The molecule has 17 heavy (non-hydrogen) atoms. The number of nitrogens with one attached hydrogen (secondary N) is 2. The second kappa shape index (κ2) is 4.40. The second-order valence-electron chi connectivity index (χ2n) is 5.15. The number of carbonyl (C=O) groups excluding carboxylic acids is 1. The van der Waals surface area contributed by atoms with Crippen LogP contribution in [0.5, 0.6) is 0 Å². The number of benzene rings is 1. The van der Waals surface area contributed by atoms with Gasteiger partial charge in [-0.2, -0.15) is 0 Å². The molecular formula is C14H18N2O. The zero-order chi connectivity index (χ0) is 11.7. The molecule has 2 fully saturated rings. The summed E-state index contributed by atoms with van der Waals surface area (Å²) in [7, 11) is 0. The van der Waals surface area contributed by atoms with E-state index in [0.29, 0.717) is 6.04 Å². The molecule has 2 N–H and O–H groups in total. The highest BCUT2D eigenvalue weighted by molar-refractivity contribution is 5.94. The van der Waals surface area contributed by atoms with Crippen LogP contribution in [0.1, 0.15) is 36.0 Å². The molecule has 2 aliphatic carbocycles. The Kier molecular flexibility index (Phi) is 2.75. The molecule has 0 spiro atoms. The van der Waals surface area contributed by atoms with Crippen LogP contribution in [0.4, 0.5) is 5.69 Å². The molecule has 0 aliphatic heterocycles. The Labute approximate surface area is 102 Å². The van der Waals surface area contributed by atoms with Crippen LogP contribution in [0.15, 0.2) is 24.3 Å². The van der Waals surface area contributed by atoms with E-state index in [4.69, 9.17) is 0 Å². The summed E-state index contributed by atoms with van der Waals surface area (Å²) in [6.45, 7) is 1.06. The van der Waals surface area contributed by atoms with Gasteiger partial charge in [0.05, 0.1) is 0 Å². The maximum absolute atomic E-state index is 11.8. The van der Waals surface area contributed by atoms with E-state index in [-0.39, 0.29) is 5.91 Å².